The van der Waals surface area contributed by atoms with Gasteiger partial charge in [0.25, 0.3) is 0 Å². The monoisotopic (exact) mass is 438 g/mol. The fourth-order valence-corrected chi connectivity index (χ4v) is 4.62. The van der Waals surface area contributed by atoms with E-state index in [1.165, 1.54) is 18.2 Å². The van der Waals surface area contributed by atoms with Crippen LogP contribution in [0, 0.1) is 5.82 Å². The Balaban J connectivity index is 1.67. The molecule has 2 aromatic rings. The number of fused-ring (bicyclic) bond motifs is 1. The minimum Gasteiger partial charge on any atom is -0.324 e. The number of nitrogens with one attached hydrogen (secondary N) is 1. The highest BCUT2D eigenvalue weighted by atomic mass is 35.5. The third-order valence-corrected chi connectivity index (χ3v) is 6.66. The minimum absolute atomic E-state index is 0.00883. The number of sulfone groups is 1. The van der Waals surface area contributed by atoms with E-state index in [1.807, 2.05) is 0 Å². The van der Waals surface area contributed by atoms with E-state index in [2.05, 4.69) is 5.32 Å². The van der Waals surface area contributed by atoms with E-state index in [4.69, 9.17) is 11.6 Å². The van der Waals surface area contributed by atoms with Crippen LogP contribution in [-0.4, -0.2) is 32.5 Å². The van der Waals surface area contributed by atoms with Crippen LogP contribution in [-0.2, 0) is 25.8 Å². The molecule has 1 N–H and O–H groups in total. The largest absolute Gasteiger partial charge is 0.324 e. The average molecular weight is 439 g/mol. The quantitative estimate of drug-likeness (QED) is 0.747. The number of carbonyl (C=O) groups is 2. The summed E-state index contributed by atoms with van der Waals surface area (Å²) in [5.41, 5.74) is 1.46. The van der Waals surface area contributed by atoms with Crippen molar-refractivity contribution < 1.29 is 22.4 Å². The van der Waals surface area contributed by atoms with Gasteiger partial charge in [-0.1, -0.05) is 18.5 Å². The Bertz CT molecular complexity index is 1070. The Labute approximate surface area is 173 Å². The highest BCUT2D eigenvalue weighted by molar-refractivity contribution is 7.91. The molecule has 1 aliphatic heterocycles. The normalized spacial score (nSPS) is 13.3. The zero-order valence-corrected chi connectivity index (χ0v) is 17.3. The van der Waals surface area contributed by atoms with Crippen molar-refractivity contribution in [2.24, 2.45) is 0 Å². The Morgan fingerprint density at radius 3 is 2.66 bits per heavy atom. The van der Waals surface area contributed by atoms with E-state index in [0.717, 1.165) is 17.3 Å². The molecule has 0 aliphatic carbocycles. The number of benzene rings is 2. The molecule has 154 valence electrons. The summed E-state index contributed by atoms with van der Waals surface area (Å²) in [6.45, 7) is 2.31. The molecule has 0 radical (unpaired) electrons. The first-order chi connectivity index (χ1) is 13.7. The van der Waals surface area contributed by atoms with E-state index in [9.17, 15) is 22.4 Å². The number of hydrogen-bond donors (Lipinski definition) is 1. The molecule has 9 heteroatoms. The van der Waals surface area contributed by atoms with Gasteiger partial charge in [0.2, 0.25) is 11.8 Å². The highest BCUT2D eigenvalue weighted by Gasteiger charge is 2.26. The van der Waals surface area contributed by atoms with E-state index >= 15 is 0 Å². The smallest absolute Gasteiger partial charge is 0.226 e. The standard InChI is InChI=1S/C20H20ClFN2O4S/c1-2-20(26)24-9-7-13-11-15(4-6-18(13)24)29(27,28)10-8-19(25)23-17-5-3-14(21)12-16(17)22/h3-6,11-12H,2,7-10H2,1H3,(H,23,25). The van der Waals surface area contributed by atoms with Crippen molar-refractivity contribution >= 4 is 44.6 Å². The van der Waals surface area contributed by atoms with Gasteiger partial charge >= 0.3 is 0 Å². The molecular formula is C20H20ClFN2O4S. The molecule has 0 fully saturated rings. The van der Waals surface area contributed by atoms with Gasteiger partial charge in [0.05, 0.1) is 16.3 Å². The maximum atomic E-state index is 13.7. The average Bonchev–Trinajstić information content (AvgIpc) is 3.11. The van der Waals surface area contributed by atoms with Gasteiger partial charge in [-0.25, -0.2) is 12.8 Å². The van der Waals surface area contributed by atoms with Crippen molar-refractivity contribution in [1.82, 2.24) is 0 Å². The van der Waals surface area contributed by atoms with E-state index in [1.54, 1.807) is 24.0 Å². The van der Waals surface area contributed by atoms with Crippen LogP contribution in [0.2, 0.25) is 5.02 Å². The third kappa shape index (κ3) is 4.76. The molecule has 6 nitrogen and oxygen atoms in total. The van der Waals surface area contributed by atoms with Gasteiger partial charge in [-0.15, -0.1) is 0 Å². The molecule has 29 heavy (non-hydrogen) atoms. The maximum Gasteiger partial charge on any atom is 0.226 e. The zero-order valence-electron chi connectivity index (χ0n) is 15.7. The lowest BCUT2D eigenvalue weighted by molar-refractivity contribution is -0.118. The fraction of sp³-hybridized carbons (Fsp3) is 0.300. The van der Waals surface area contributed by atoms with E-state index in [-0.39, 0.29) is 27.9 Å². The van der Waals surface area contributed by atoms with Gasteiger partial charge in [-0.2, -0.15) is 0 Å². The zero-order chi connectivity index (χ0) is 21.2. The lowest BCUT2D eigenvalue weighted by Gasteiger charge is -2.16. The van der Waals surface area contributed by atoms with Crippen molar-refractivity contribution in [3.05, 3.63) is 52.8 Å². The molecule has 1 aliphatic rings. The van der Waals surface area contributed by atoms with Gasteiger partial charge in [0.1, 0.15) is 5.82 Å². The predicted octanol–water partition coefficient (Wildman–Crippen LogP) is 3.58. The molecule has 0 spiro atoms. The Hall–Kier alpha value is -2.45. The summed E-state index contributed by atoms with van der Waals surface area (Å²) in [6.07, 6.45) is 0.644. The van der Waals surface area contributed by atoms with Crippen LogP contribution in [0.5, 0.6) is 0 Å². The molecule has 2 aromatic carbocycles. The molecule has 0 aromatic heterocycles. The van der Waals surface area contributed by atoms with Crippen LogP contribution in [0.4, 0.5) is 15.8 Å². The van der Waals surface area contributed by atoms with Crippen molar-refractivity contribution in [3.63, 3.8) is 0 Å². The van der Waals surface area contributed by atoms with Crippen LogP contribution in [0.1, 0.15) is 25.3 Å². The molecule has 0 saturated heterocycles. The summed E-state index contributed by atoms with van der Waals surface area (Å²) in [5.74, 6) is -1.73. The summed E-state index contributed by atoms with van der Waals surface area (Å²) in [5, 5.41) is 2.54. The van der Waals surface area contributed by atoms with E-state index in [0.29, 0.717) is 19.4 Å². The van der Waals surface area contributed by atoms with Crippen LogP contribution in [0.25, 0.3) is 0 Å². The second-order valence-corrected chi connectivity index (χ2v) is 9.23. The van der Waals surface area contributed by atoms with Crippen molar-refractivity contribution in [1.29, 1.82) is 0 Å². The predicted molar refractivity (Wildman–Crippen MR) is 109 cm³/mol. The molecular weight excluding hydrogens is 419 g/mol. The number of hydrogen-bond acceptors (Lipinski definition) is 4. The first-order valence-corrected chi connectivity index (χ1v) is 11.1. The highest BCUT2D eigenvalue weighted by Crippen LogP contribution is 2.31. The summed E-state index contributed by atoms with van der Waals surface area (Å²) in [6, 6.07) is 8.44. The van der Waals surface area contributed by atoms with Crippen molar-refractivity contribution in [3.8, 4) is 0 Å². The van der Waals surface area contributed by atoms with Gasteiger partial charge in [-0.3, -0.25) is 9.59 Å². The SMILES string of the molecule is CCC(=O)N1CCc2cc(S(=O)(=O)CCC(=O)Nc3ccc(Cl)cc3F)ccc21. The Morgan fingerprint density at radius 1 is 1.21 bits per heavy atom. The first-order valence-electron chi connectivity index (χ1n) is 9.12. The van der Waals surface area contributed by atoms with Gasteiger partial charge in [0.15, 0.2) is 9.84 Å². The van der Waals surface area contributed by atoms with Crippen LogP contribution < -0.4 is 10.2 Å². The second kappa shape index (κ2) is 8.51. The number of rotatable bonds is 6. The number of nitrogens with zero attached hydrogens (tertiary/aromatic N) is 1. The summed E-state index contributed by atoms with van der Waals surface area (Å²) in [7, 11) is -3.71. The first kappa shape index (κ1) is 21.3. The number of halogens is 2. The van der Waals surface area contributed by atoms with Gasteiger partial charge in [-0.05, 0) is 48.4 Å². The lowest BCUT2D eigenvalue weighted by atomic mass is 10.2. The fourth-order valence-electron chi connectivity index (χ4n) is 3.17. The Kier molecular flexibility index (Phi) is 6.24. The van der Waals surface area contributed by atoms with Crippen molar-refractivity contribution in [2.45, 2.75) is 31.1 Å². The van der Waals surface area contributed by atoms with Crippen LogP contribution in [0.3, 0.4) is 0 Å². The minimum atomic E-state index is -3.71. The van der Waals surface area contributed by atoms with Gasteiger partial charge in [0, 0.05) is 30.1 Å². The molecule has 1 heterocycles. The van der Waals surface area contributed by atoms with Crippen LogP contribution in [0.15, 0.2) is 41.3 Å². The molecule has 0 bridgehead atoms. The number of amides is 2. The molecule has 2 amide bonds. The van der Waals surface area contributed by atoms with Crippen LogP contribution >= 0.6 is 11.6 Å². The summed E-state index contributed by atoms with van der Waals surface area (Å²) in [4.78, 5) is 25.8. The van der Waals surface area contributed by atoms with Gasteiger partial charge < -0.3 is 10.2 Å². The summed E-state index contributed by atoms with van der Waals surface area (Å²) < 4.78 is 39.0. The topological polar surface area (TPSA) is 83.6 Å². The second-order valence-electron chi connectivity index (χ2n) is 6.68. The number of anilines is 2. The Morgan fingerprint density at radius 2 is 1.97 bits per heavy atom. The molecule has 0 unspecified atom stereocenters. The molecule has 0 saturated carbocycles. The lowest BCUT2D eigenvalue weighted by Crippen LogP contribution is -2.27. The summed E-state index contributed by atoms with van der Waals surface area (Å²) >= 11 is 5.66. The van der Waals surface area contributed by atoms with Crippen molar-refractivity contribution in [2.75, 3.05) is 22.5 Å². The third-order valence-electron chi connectivity index (χ3n) is 4.71. The molecule has 3 rings (SSSR count). The van der Waals surface area contributed by atoms with E-state index < -0.39 is 27.3 Å². The number of carbonyl (C=O) groups excluding carboxylic acids is 2. The molecule has 0 atom stereocenters. The maximum absolute atomic E-state index is 13.7.